The van der Waals surface area contributed by atoms with Crippen LogP contribution in [0.4, 0.5) is 14.5 Å². The molecule has 3 aromatic rings. The van der Waals surface area contributed by atoms with Gasteiger partial charge in [-0.25, -0.2) is 0 Å². The summed E-state index contributed by atoms with van der Waals surface area (Å²) in [4.78, 5) is 12.0. The van der Waals surface area contributed by atoms with Crippen molar-refractivity contribution in [3.8, 4) is 17.2 Å². The van der Waals surface area contributed by atoms with Gasteiger partial charge in [0.15, 0.2) is 0 Å². The SMILES string of the molecule is Cc1ccc(-c2nnc(CCC(=O)Nc3ccc(OC(F)F)cc3)o2)cc1. The lowest BCUT2D eigenvalue weighted by Crippen LogP contribution is -2.12. The van der Waals surface area contributed by atoms with Gasteiger partial charge in [0.1, 0.15) is 5.75 Å². The minimum absolute atomic E-state index is 0.0255. The average Bonchev–Trinajstić information content (AvgIpc) is 3.11. The first kappa shape index (κ1) is 18.5. The summed E-state index contributed by atoms with van der Waals surface area (Å²) in [6, 6.07) is 13.4. The number of hydrogen-bond donors (Lipinski definition) is 1. The van der Waals surface area contributed by atoms with Gasteiger partial charge in [-0.15, -0.1) is 10.2 Å². The fraction of sp³-hybridized carbons (Fsp3) is 0.211. The average molecular weight is 373 g/mol. The van der Waals surface area contributed by atoms with Crippen molar-refractivity contribution < 1.29 is 22.7 Å². The van der Waals surface area contributed by atoms with Crippen molar-refractivity contribution in [3.05, 3.63) is 60.0 Å². The number of nitrogens with zero attached hydrogens (tertiary/aromatic N) is 2. The molecule has 0 saturated carbocycles. The van der Waals surface area contributed by atoms with E-state index >= 15 is 0 Å². The summed E-state index contributed by atoms with van der Waals surface area (Å²) in [5.41, 5.74) is 2.42. The number of halogens is 2. The van der Waals surface area contributed by atoms with Crippen molar-refractivity contribution in [2.45, 2.75) is 26.4 Å². The molecule has 27 heavy (non-hydrogen) atoms. The largest absolute Gasteiger partial charge is 0.435 e. The van der Waals surface area contributed by atoms with E-state index in [2.05, 4.69) is 20.3 Å². The number of carbonyl (C=O) groups excluding carboxylic acids is 1. The summed E-state index contributed by atoms with van der Waals surface area (Å²) in [5, 5.41) is 10.6. The monoisotopic (exact) mass is 373 g/mol. The molecule has 0 aliphatic carbocycles. The van der Waals surface area contributed by atoms with Crippen molar-refractivity contribution in [1.29, 1.82) is 0 Å². The number of anilines is 1. The van der Waals surface area contributed by atoms with Gasteiger partial charge in [0, 0.05) is 24.1 Å². The summed E-state index contributed by atoms with van der Waals surface area (Å²) in [7, 11) is 0. The summed E-state index contributed by atoms with van der Waals surface area (Å²) >= 11 is 0. The first-order valence-corrected chi connectivity index (χ1v) is 8.24. The predicted octanol–water partition coefficient (Wildman–Crippen LogP) is 4.22. The third kappa shape index (κ3) is 5.34. The molecule has 0 saturated heterocycles. The summed E-state index contributed by atoms with van der Waals surface area (Å²) < 4.78 is 34.0. The fourth-order valence-corrected chi connectivity index (χ4v) is 2.33. The third-order valence-corrected chi connectivity index (χ3v) is 3.69. The van der Waals surface area contributed by atoms with Crippen molar-refractivity contribution >= 4 is 11.6 Å². The zero-order valence-electron chi connectivity index (χ0n) is 14.5. The standard InChI is InChI=1S/C19H17F2N3O3/c1-12-2-4-13(5-3-12)18-24-23-17(27-18)11-10-16(25)22-14-6-8-15(9-7-14)26-19(20)21/h2-9,19H,10-11H2,1H3,(H,22,25). The van der Waals surface area contributed by atoms with Crippen molar-refractivity contribution in [1.82, 2.24) is 10.2 Å². The predicted molar refractivity (Wildman–Crippen MR) is 94.5 cm³/mol. The number of ether oxygens (including phenoxy) is 1. The van der Waals surface area contributed by atoms with E-state index in [0.717, 1.165) is 11.1 Å². The molecule has 6 nitrogen and oxygen atoms in total. The van der Waals surface area contributed by atoms with Gasteiger partial charge in [-0.05, 0) is 43.3 Å². The van der Waals surface area contributed by atoms with E-state index in [9.17, 15) is 13.6 Å². The highest BCUT2D eigenvalue weighted by Gasteiger charge is 2.11. The molecule has 0 aliphatic heterocycles. The lowest BCUT2D eigenvalue weighted by atomic mass is 10.1. The molecule has 3 rings (SSSR count). The highest BCUT2D eigenvalue weighted by molar-refractivity contribution is 5.90. The lowest BCUT2D eigenvalue weighted by Gasteiger charge is -2.07. The molecule has 0 bridgehead atoms. The first-order valence-electron chi connectivity index (χ1n) is 8.24. The van der Waals surface area contributed by atoms with Crippen LogP contribution in [0, 0.1) is 6.92 Å². The van der Waals surface area contributed by atoms with Crippen LogP contribution in [0.2, 0.25) is 0 Å². The van der Waals surface area contributed by atoms with E-state index in [1.807, 2.05) is 31.2 Å². The molecule has 8 heteroatoms. The molecular weight excluding hydrogens is 356 g/mol. The molecule has 0 aliphatic rings. The Hall–Kier alpha value is -3.29. The highest BCUT2D eigenvalue weighted by atomic mass is 19.3. The minimum Gasteiger partial charge on any atom is -0.435 e. The van der Waals surface area contributed by atoms with Crippen LogP contribution < -0.4 is 10.1 Å². The van der Waals surface area contributed by atoms with E-state index in [4.69, 9.17) is 4.42 Å². The van der Waals surface area contributed by atoms with Gasteiger partial charge in [0.2, 0.25) is 17.7 Å². The van der Waals surface area contributed by atoms with Gasteiger partial charge in [0.05, 0.1) is 0 Å². The Morgan fingerprint density at radius 2 is 1.81 bits per heavy atom. The number of aromatic nitrogens is 2. The summed E-state index contributed by atoms with van der Waals surface area (Å²) in [6.45, 7) is -0.897. The molecule has 0 atom stereocenters. The number of carbonyl (C=O) groups is 1. The van der Waals surface area contributed by atoms with E-state index in [1.54, 1.807) is 0 Å². The second-order valence-corrected chi connectivity index (χ2v) is 5.82. The molecule has 0 fully saturated rings. The van der Waals surface area contributed by atoms with Gasteiger partial charge >= 0.3 is 6.61 Å². The van der Waals surface area contributed by atoms with Crippen LogP contribution in [-0.2, 0) is 11.2 Å². The molecule has 2 aromatic carbocycles. The Morgan fingerprint density at radius 1 is 1.11 bits per heavy atom. The number of rotatable bonds is 7. The van der Waals surface area contributed by atoms with Crippen LogP contribution >= 0.6 is 0 Å². The topological polar surface area (TPSA) is 77.2 Å². The maximum absolute atomic E-state index is 12.1. The molecule has 0 spiro atoms. The van der Waals surface area contributed by atoms with Gasteiger partial charge in [-0.1, -0.05) is 17.7 Å². The van der Waals surface area contributed by atoms with Crippen LogP contribution in [0.5, 0.6) is 5.75 Å². The lowest BCUT2D eigenvalue weighted by molar-refractivity contribution is -0.116. The number of benzene rings is 2. The van der Waals surface area contributed by atoms with E-state index in [0.29, 0.717) is 17.5 Å². The molecule has 0 unspecified atom stereocenters. The van der Waals surface area contributed by atoms with Gasteiger partial charge in [0.25, 0.3) is 0 Å². The Kier molecular flexibility index (Phi) is 5.75. The smallest absolute Gasteiger partial charge is 0.387 e. The van der Waals surface area contributed by atoms with Crippen molar-refractivity contribution in [2.75, 3.05) is 5.32 Å². The van der Waals surface area contributed by atoms with E-state index in [-0.39, 0.29) is 24.5 Å². The van der Waals surface area contributed by atoms with Crippen molar-refractivity contribution in [2.24, 2.45) is 0 Å². The van der Waals surface area contributed by atoms with Crippen LogP contribution in [0.3, 0.4) is 0 Å². The second kappa shape index (κ2) is 8.39. The van der Waals surface area contributed by atoms with Crippen LogP contribution in [0.1, 0.15) is 17.9 Å². The molecule has 1 aromatic heterocycles. The number of aryl methyl sites for hydroxylation is 2. The number of hydrogen-bond acceptors (Lipinski definition) is 5. The fourth-order valence-electron chi connectivity index (χ4n) is 2.33. The second-order valence-electron chi connectivity index (χ2n) is 5.82. The number of amides is 1. The van der Waals surface area contributed by atoms with Gasteiger partial charge < -0.3 is 14.5 Å². The molecule has 1 N–H and O–H groups in total. The summed E-state index contributed by atoms with van der Waals surface area (Å²) in [6.07, 6.45) is 0.433. The van der Waals surface area contributed by atoms with Crippen LogP contribution in [0.15, 0.2) is 52.9 Å². The van der Waals surface area contributed by atoms with Gasteiger partial charge in [-0.2, -0.15) is 8.78 Å². The molecule has 1 amide bonds. The summed E-state index contributed by atoms with van der Waals surface area (Å²) in [5.74, 6) is 0.534. The van der Waals surface area contributed by atoms with E-state index < -0.39 is 6.61 Å². The highest BCUT2D eigenvalue weighted by Crippen LogP contribution is 2.20. The van der Waals surface area contributed by atoms with Crippen LogP contribution in [-0.4, -0.2) is 22.7 Å². The number of nitrogens with one attached hydrogen (secondary N) is 1. The van der Waals surface area contributed by atoms with Gasteiger partial charge in [-0.3, -0.25) is 4.79 Å². The molecule has 1 heterocycles. The van der Waals surface area contributed by atoms with Crippen LogP contribution in [0.25, 0.3) is 11.5 Å². The Bertz CT molecular complexity index is 893. The molecule has 140 valence electrons. The Morgan fingerprint density at radius 3 is 2.48 bits per heavy atom. The minimum atomic E-state index is -2.88. The zero-order chi connectivity index (χ0) is 19.2. The van der Waals surface area contributed by atoms with Crippen molar-refractivity contribution in [3.63, 3.8) is 0 Å². The quantitative estimate of drug-likeness (QED) is 0.671. The maximum atomic E-state index is 12.1. The number of alkyl halides is 2. The first-order chi connectivity index (χ1) is 13.0. The zero-order valence-corrected chi connectivity index (χ0v) is 14.5. The maximum Gasteiger partial charge on any atom is 0.387 e. The molecule has 0 radical (unpaired) electrons. The Balaban J connectivity index is 1.51. The third-order valence-electron chi connectivity index (χ3n) is 3.69. The normalized spacial score (nSPS) is 10.8. The Labute approximate surface area is 154 Å². The van der Waals surface area contributed by atoms with E-state index in [1.165, 1.54) is 24.3 Å². The molecular formula is C19H17F2N3O3.